The highest BCUT2D eigenvalue weighted by Crippen LogP contribution is 2.33. The van der Waals surface area contributed by atoms with Gasteiger partial charge in [-0.1, -0.05) is 12.1 Å². The highest BCUT2D eigenvalue weighted by atomic mass is 16.6. The highest BCUT2D eigenvalue weighted by molar-refractivity contribution is 6.21. The second-order valence-electron chi connectivity index (χ2n) is 8.08. The lowest BCUT2D eigenvalue weighted by atomic mass is 10.1. The smallest absolute Gasteiger partial charge is 0.261 e. The van der Waals surface area contributed by atoms with E-state index in [1.165, 1.54) is 12.7 Å². The number of benzene rings is 1. The lowest BCUT2D eigenvalue weighted by molar-refractivity contribution is -0.0814. The monoisotopic (exact) mass is 484 g/mol. The molecule has 1 saturated heterocycles. The molecule has 1 unspecified atom stereocenters. The predicted octanol–water partition coefficient (Wildman–Crippen LogP) is -0.643. The molecule has 13 nitrogen and oxygen atoms in total. The van der Waals surface area contributed by atoms with E-state index in [0.29, 0.717) is 22.3 Å². The number of hydrogen-bond donors (Lipinski definition) is 3. The van der Waals surface area contributed by atoms with Crippen LogP contribution in [0.25, 0.3) is 11.2 Å². The van der Waals surface area contributed by atoms with E-state index in [1.807, 2.05) is 0 Å². The molecule has 3 aromatic rings. The molecule has 0 aliphatic carbocycles. The fourth-order valence-electron chi connectivity index (χ4n) is 4.27. The van der Waals surface area contributed by atoms with Crippen LogP contribution in [-0.2, 0) is 14.2 Å². The number of nitrogens with two attached hydrogens (primary N) is 1. The van der Waals surface area contributed by atoms with Crippen LogP contribution < -0.4 is 5.73 Å². The average Bonchev–Trinajstić information content (AvgIpc) is 3.51. The number of nitrogens with zero attached hydrogens (tertiary/aromatic N) is 5. The van der Waals surface area contributed by atoms with E-state index >= 15 is 0 Å². The maximum Gasteiger partial charge on any atom is 0.261 e. The number of imidazole rings is 1. The molecule has 0 spiro atoms. The Kier molecular flexibility index (Phi) is 6.40. The maximum absolute atomic E-state index is 12.4. The number of aliphatic hydroxyl groups is 2. The van der Waals surface area contributed by atoms with Crippen molar-refractivity contribution in [3.63, 3.8) is 0 Å². The molecule has 35 heavy (non-hydrogen) atoms. The zero-order valence-corrected chi connectivity index (χ0v) is 18.6. The van der Waals surface area contributed by atoms with Gasteiger partial charge in [0.05, 0.1) is 50.4 Å². The summed E-state index contributed by atoms with van der Waals surface area (Å²) in [5, 5.41) is 20.2. The number of hydrogen-bond acceptors (Lipinski definition) is 11. The minimum Gasteiger partial charge on any atom is -0.394 e. The number of rotatable bonds is 9. The SMILES string of the molecule is Nc1ncnc2c1ncn2[C@@H]1O[C@H](CO)C(O)[C@@H]1OCCOCCN1C(=O)c2ccccc2C1=O. The Labute approximate surface area is 199 Å². The fraction of sp³-hybridized carbons (Fsp3) is 0.409. The molecule has 2 aromatic heterocycles. The van der Waals surface area contributed by atoms with Gasteiger partial charge >= 0.3 is 0 Å². The minimum absolute atomic E-state index is 0.0889. The first-order valence-corrected chi connectivity index (χ1v) is 11.0. The van der Waals surface area contributed by atoms with Crippen molar-refractivity contribution in [1.29, 1.82) is 0 Å². The van der Waals surface area contributed by atoms with Crippen LogP contribution in [0.3, 0.4) is 0 Å². The third kappa shape index (κ3) is 4.13. The van der Waals surface area contributed by atoms with Gasteiger partial charge < -0.3 is 30.2 Å². The lowest BCUT2D eigenvalue weighted by Gasteiger charge is -2.22. The van der Waals surface area contributed by atoms with E-state index in [9.17, 15) is 19.8 Å². The van der Waals surface area contributed by atoms with Gasteiger partial charge in [-0.05, 0) is 12.1 Å². The average molecular weight is 484 g/mol. The number of fused-ring (bicyclic) bond motifs is 2. The summed E-state index contributed by atoms with van der Waals surface area (Å²) >= 11 is 0. The quantitative estimate of drug-likeness (QED) is 0.260. The van der Waals surface area contributed by atoms with Gasteiger partial charge in [-0.25, -0.2) is 15.0 Å². The molecule has 4 heterocycles. The van der Waals surface area contributed by atoms with E-state index in [2.05, 4.69) is 15.0 Å². The van der Waals surface area contributed by atoms with Crippen LogP contribution in [0.1, 0.15) is 26.9 Å². The third-order valence-electron chi connectivity index (χ3n) is 6.03. The topological polar surface area (TPSA) is 175 Å². The summed E-state index contributed by atoms with van der Waals surface area (Å²) in [6, 6.07) is 6.68. The summed E-state index contributed by atoms with van der Waals surface area (Å²) in [5.74, 6) is -0.479. The molecular weight excluding hydrogens is 460 g/mol. The highest BCUT2D eigenvalue weighted by Gasteiger charge is 2.46. The van der Waals surface area contributed by atoms with Crippen molar-refractivity contribution in [2.75, 3.05) is 38.7 Å². The zero-order chi connectivity index (χ0) is 24.5. The Morgan fingerprint density at radius 1 is 1.06 bits per heavy atom. The maximum atomic E-state index is 12.4. The molecule has 1 aromatic carbocycles. The van der Waals surface area contributed by atoms with Crippen molar-refractivity contribution >= 4 is 28.8 Å². The van der Waals surface area contributed by atoms with Gasteiger partial charge in [0.1, 0.15) is 30.2 Å². The molecule has 1 fully saturated rings. The van der Waals surface area contributed by atoms with Gasteiger partial charge in [-0.3, -0.25) is 19.1 Å². The molecule has 0 bridgehead atoms. The van der Waals surface area contributed by atoms with Gasteiger partial charge in [0, 0.05) is 0 Å². The summed E-state index contributed by atoms with van der Waals surface area (Å²) in [7, 11) is 0. The van der Waals surface area contributed by atoms with E-state index < -0.39 is 31.1 Å². The largest absolute Gasteiger partial charge is 0.394 e. The zero-order valence-electron chi connectivity index (χ0n) is 18.6. The van der Waals surface area contributed by atoms with E-state index in [-0.39, 0.29) is 44.0 Å². The third-order valence-corrected chi connectivity index (χ3v) is 6.03. The second-order valence-corrected chi connectivity index (χ2v) is 8.08. The number of imide groups is 1. The number of aliphatic hydroxyl groups excluding tert-OH is 2. The number of anilines is 1. The molecule has 2 aliphatic rings. The Morgan fingerprint density at radius 3 is 2.51 bits per heavy atom. The van der Waals surface area contributed by atoms with Crippen LogP contribution >= 0.6 is 0 Å². The lowest BCUT2D eigenvalue weighted by Crippen LogP contribution is -2.36. The first-order valence-electron chi connectivity index (χ1n) is 11.0. The van der Waals surface area contributed by atoms with Crippen molar-refractivity contribution in [2.24, 2.45) is 0 Å². The second kappa shape index (κ2) is 9.64. The molecule has 13 heteroatoms. The van der Waals surface area contributed by atoms with E-state index in [4.69, 9.17) is 19.9 Å². The van der Waals surface area contributed by atoms with Crippen LogP contribution in [0.15, 0.2) is 36.9 Å². The molecule has 2 aliphatic heterocycles. The normalized spacial score (nSPS) is 24.0. The summed E-state index contributed by atoms with van der Waals surface area (Å²) < 4.78 is 18.8. The molecule has 0 radical (unpaired) electrons. The molecule has 2 amide bonds. The van der Waals surface area contributed by atoms with E-state index in [1.54, 1.807) is 28.8 Å². The van der Waals surface area contributed by atoms with Crippen molar-refractivity contribution < 1.29 is 34.0 Å². The van der Waals surface area contributed by atoms with Crippen molar-refractivity contribution in [2.45, 2.75) is 24.5 Å². The number of carbonyl (C=O) groups is 2. The Hall–Kier alpha value is -3.49. The summed E-state index contributed by atoms with van der Waals surface area (Å²) in [6.45, 7) is 0.0643. The minimum atomic E-state index is -1.11. The number of amides is 2. The molecule has 4 atom stereocenters. The van der Waals surface area contributed by atoms with Gasteiger partial charge in [0.25, 0.3) is 11.8 Å². The van der Waals surface area contributed by atoms with Gasteiger partial charge in [0.15, 0.2) is 17.7 Å². The summed E-state index contributed by atoms with van der Waals surface area (Å²) in [6.07, 6.45) is -0.887. The summed E-state index contributed by atoms with van der Waals surface area (Å²) in [4.78, 5) is 38.3. The Balaban J connectivity index is 1.16. The predicted molar refractivity (Wildman–Crippen MR) is 119 cm³/mol. The number of carbonyl (C=O) groups excluding carboxylic acids is 2. The van der Waals surface area contributed by atoms with Crippen LogP contribution in [0.4, 0.5) is 5.82 Å². The first kappa shape index (κ1) is 23.3. The van der Waals surface area contributed by atoms with Gasteiger partial charge in [-0.15, -0.1) is 0 Å². The Bertz CT molecular complexity index is 1220. The number of ether oxygens (including phenoxy) is 3. The first-order chi connectivity index (χ1) is 17.0. The van der Waals surface area contributed by atoms with Crippen LogP contribution in [0.5, 0.6) is 0 Å². The van der Waals surface area contributed by atoms with Crippen molar-refractivity contribution in [1.82, 2.24) is 24.4 Å². The van der Waals surface area contributed by atoms with Crippen LogP contribution in [-0.4, -0.2) is 97.7 Å². The molecule has 0 saturated carbocycles. The molecule has 4 N–H and O–H groups in total. The number of aromatic nitrogens is 4. The van der Waals surface area contributed by atoms with Crippen molar-refractivity contribution in [3.05, 3.63) is 48.0 Å². The van der Waals surface area contributed by atoms with Crippen molar-refractivity contribution in [3.8, 4) is 0 Å². The molecular formula is C22H24N6O7. The Morgan fingerprint density at radius 2 is 1.80 bits per heavy atom. The standard InChI is InChI=1S/C22H24N6O7/c23-18-15-19(25-10-24-18)28(11-26-15)22-17(16(30)14(9-29)35-22)34-8-7-33-6-5-27-20(31)12-3-1-2-4-13(12)21(27)32/h1-4,10-11,14,16-17,22,29-30H,5-9H2,(H2,23,24,25)/t14-,16?,17+,22-/m1/s1. The van der Waals surface area contributed by atoms with E-state index in [0.717, 1.165) is 4.90 Å². The molecule has 184 valence electrons. The molecule has 5 rings (SSSR count). The number of nitrogen functional groups attached to an aromatic ring is 1. The van der Waals surface area contributed by atoms with Gasteiger partial charge in [-0.2, -0.15) is 0 Å². The summed E-state index contributed by atoms with van der Waals surface area (Å²) in [5.41, 5.74) is 7.41. The van der Waals surface area contributed by atoms with Crippen LogP contribution in [0, 0.1) is 0 Å². The van der Waals surface area contributed by atoms with Gasteiger partial charge in [0.2, 0.25) is 0 Å². The van der Waals surface area contributed by atoms with Crippen LogP contribution in [0.2, 0.25) is 0 Å². The fourth-order valence-corrected chi connectivity index (χ4v) is 4.27.